The van der Waals surface area contributed by atoms with Crippen molar-refractivity contribution < 1.29 is 9.53 Å². The lowest BCUT2D eigenvalue weighted by molar-refractivity contribution is 0.102. The average Bonchev–Trinajstić information content (AvgIpc) is 2.76. The van der Waals surface area contributed by atoms with Gasteiger partial charge in [0.25, 0.3) is 5.91 Å². The van der Waals surface area contributed by atoms with Crippen LogP contribution in [0.15, 0.2) is 30.5 Å². The first-order chi connectivity index (χ1) is 8.60. The number of ether oxygens (including phenoxy) is 1. The zero-order valence-corrected chi connectivity index (χ0v) is 10.2. The molecule has 94 valence electrons. The van der Waals surface area contributed by atoms with Gasteiger partial charge >= 0.3 is 0 Å². The largest absolute Gasteiger partial charge is 0.495 e. The SMILES string of the molecule is COc1ccc(NC(=O)c2ccn(C)n2)cc1N. The van der Waals surface area contributed by atoms with E-state index in [1.54, 1.807) is 42.2 Å². The summed E-state index contributed by atoms with van der Waals surface area (Å²) in [5, 5.41) is 6.72. The number of rotatable bonds is 3. The molecule has 0 saturated carbocycles. The lowest BCUT2D eigenvalue weighted by Crippen LogP contribution is -2.13. The molecule has 2 rings (SSSR count). The molecule has 0 atom stereocenters. The molecule has 1 heterocycles. The minimum atomic E-state index is -0.278. The maximum Gasteiger partial charge on any atom is 0.276 e. The summed E-state index contributed by atoms with van der Waals surface area (Å²) in [7, 11) is 3.29. The summed E-state index contributed by atoms with van der Waals surface area (Å²) in [5.74, 6) is 0.297. The molecule has 0 spiro atoms. The summed E-state index contributed by atoms with van der Waals surface area (Å²) in [4.78, 5) is 11.8. The zero-order chi connectivity index (χ0) is 13.1. The van der Waals surface area contributed by atoms with Gasteiger partial charge in [-0.05, 0) is 24.3 Å². The van der Waals surface area contributed by atoms with Gasteiger partial charge in [-0.2, -0.15) is 5.10 Å². The third-order valence-electron chi connectivity index (χ3n) is 2.43. The molecule has 1 aromatic heterocycles. The van der Waals surface area contributed by atoms with Crippen molar-refractivity contribution in [3.8, 4) is 5.75 Å². The number of carbonyl (C=O) groups excluding carboxylic acids is 1. The lowest BCUT2D eigenvalue weighted by Gasteiger charge is -2.07. The number of aryl methyl sites for hydroxylation is 1. The summed E-state index contributed by atoms with van der Waals surface area (Å²) in [6.45, 7) is 0. The molecular formula is C12H14N4O2. The lowest BCUT2D eigenvalue weighted by atomic mass is 10.2. The fourth-order valence-electron chi connectivity index (χ4n) is 1.54. The number of nitrogen functional groups attached to an aromatic ring is 1. The second-order valence-electron chi connectivity index (χ2n) is 3.79. The number of aromatic nitrogens is 2. The Morgan fingerprint density at radius 3 is 2.78 bits per heavy atom. The number of methoxy groups -OCH3 is 1. The molecule has 0 saturated heterocycles. The van der Waals surface area contributed by atoms with Crippen LogP contribution in [0.4, 0.5) is 11.4 Å². The molecule has 0 fully saturated rings. The van der Waals surface area contributed by atoms with Gasteiger partial charge < -0.3 is 15.8 Å². The van der Waals surface area contributed by atoms with Gasteiger partial charge in [0.2, 0.25) is 0 Å². The van der Waals surface area contributed by atoms with Gasteiger partial charge in [0.15, 0.2) is 5.69 Å². The topological polar surface area (TPSA) is 82.2 Å². The van der Waals surface area contributed by atoms with E-state index in [-0.39, 0.29) is 5.91 Å². The van der Waals surface area contributed by atoms with E-state index in [9.17, 15) is 4.79 Å². The average molecular weight is 246 g/mol. The van der Waals surface area contributed by atoms with Gasteiger partial charge in [-0.25, -0.2) is 0 Å². The van der Waals surface area contributed by atoms with E-state index in [0.717, 1.165) is 0 Å². The fraction of sp³-hybridized carbons (Fsp3) is 0.167. The number of nitrogens with one attached hydrogen (secondary N) is 1. The molecule has 0 aliphatic carbocycles. The van der Waals surface area contributed by atoms with Crippen molar-refractivity contribution in [1.82, 2.24) is 9.78 Å². The number of amides is 1. The molecule has 0 aliphatic heterocycles. The van der Waals surface area contributed by atoms with Crippen LogP contribution in [-0.4, -0.2) is 22.8 Å². The number of carbonyl (C=O) groups is 1. The van der Waals surface area contributed by atoms with Crippen LogP contribution in [0.1, 0.15) is 10.5 Å². The summed E-state index contributed by atoms with van der Waals surface area (Å²) in [6, 6.07) is 6.70. The minimum Gasteiger partial charge on any atom is -0.495 e. The summed E-state index contributed by atoms with van der Waals surface area (Å²) in [6.07, 6.45) is 1.71. The van der Waals surface area contributed by atoms with E-state index in [4.69, 9.17) is 10.5 Å². The highest BCUT2D eigenvalue weighted by Gasteiger charge is 2.09. The van der Waals surface area contributed by atoms with Crippen molar-refractivity contribution in [3.63, 3.8) is 0 Å². The van der Waals surface area contributed by atoms with Crippen LogP contribution < -0.4 is 15.8 Å². The van der Waals surface area contributed by atoms with E-state index in [1.165, 1.54) is 7.11 Å². The molecule has 6 nitrogen and oxygen atoms in total. The van der Waals surface area contributed by atoms with Crippen LogP contribution in [0, 0.1) is 0 Å². The Balaban J connectivity index is 2.14. The van der Waals surface area contributed by atoms with E-state index < -0.39 is 0 Å². The first kappa shape index (κ1) is 12.0. The van der Waals surface area contributed by atoms with Crippen molar-refractivity contribution in [2.75, 3.05) is 18.2 Å². The molecular weight excluding hydrogens is 232 g/mol. The molecule has 0 unspecified atom stereocenters. The maximum atomic E-state index is 11.8. The van der Waals surface area contributed by atoms with Gasteiger partial charge in [0.05, 0.1) is 12.8 Å². The maximum absolute atomic E-state index is 11.8. The Hall–Kier alpha value is -2.50. The van der Waals surface area contributed by atoms with Gasteiger partial charge in [-0.3, -0.25) is 9.48 Å². The molecule has 1 amide bonds. The third-order valence-corrected chi connectivity index (χ3v) is 2.43. The molecule has 0 radical (unpaired) electrons. The van der Waals surface area contributed by atoms with Gasteiger partial charge in [-0.1, -0.05) is 0 Å². The Morgan fingerprint density at radius 2 is 2.22 bits per heavy atom. The molecule has 6 heteroatoms. The molecule has 1 aromatic carbocycles. The second kappa shape index (κ2) is 4.79. The standard InChI is InChI=1S/C12H14N4O2/c1-16-6-5-10(15-16)12(17)14-8-3-4-11(18-2)9(13)7-8/h3-7H,13H2,1-2H3,(H,14,17). The minimum absolute atomic E-state index is 0.278. The number of anilines is 2. The van der Waals surface area contributed by atoms with E-state index in [1.807, 2.05) is 0 Å². The van der Waals surface area contributed by atoms with Crippen molar-refractivity contribution in [2.45, 2.75) is 0 Å². The van der Waals surface area contributed by atoms with Crippen LogP contribution in [-0.2, 0) is 7.05 Å². The Kier molecular flexibility index (Phi) is 3.18. The Bertz CT molecular complexity index is 577. The van der Waals surface area contributed by atoms with E-state index in [2.05, 4.69) is 10.4 Å². The van der Waals surface area contributed by atoms with Crippen LogP contribution >= 0.6 is 0 Å². The fourth-order valence-corrected chi connectivity index (χ4v) is 1.54. The summed E-state index contributed by atoms with van der Waals surface area (Å²) >= 11 is 0. The Morgan fingerprint density at radius 1 is 1.44 bits per heavy atom. The number of hydrogen-bond acceptors (Lipinski definition) is 4. The first-order valence-corrected chi connectivity index (χ1v) is 5.34. The zero-order valence-electron chi connectivity index (χ0n) is 10.2. The third kappa shape index (κ3) is 2.42. The monoisotopic (exact) mass is 246 g/mol. The first-order valence-electron chi connectivity index (χ1n) is 5.34. The van der Waals surface area contributed by atoms with Crippen LogP contribution in [0.25, 0.3) is 0 Å². The smallest absolute Gasteiger partial charge is 0.276 e. The van der Waals surface area contributed by atoms with Crippen molar-refractivity contribution >= 4 is 17.3 Å². The predicted molar refractivity (Wildman–Crippen MR) is 68.6 cm³/mol. The van der Waals surface area contributed by atoms with Crippen LogP contribution in [0.5, 0.6) is 5.75 Å². The highest BCUT2D eigenvalue weighted by Crippen LogP contribution is 2.24. The number of nitrogens with zero attached hydrogens (tertiary/aromatic N) is 2. The van der Waals surface area contributed by atoms with E-state index >= 15 is 0 Å². The molecule has 3 N–H and O–H groups in total. The van der Waals surface area contributed by atoms with Gasteiger partial charge in [0.1, 0.15) is 5.75 Å². The molecule has 18 heavy (non-hydrogen) atoms. The normalized spacial score (nSPS) is 10.1. The number of nitrogens with two attached hydrogens (primary N) is 1. The second-order valence-corrected chi connectivity index (χ2v) is 3.79. The highest BCUT2D eigenvalue weighted by atomic mass is 16.5. The molecule has 0 aliphatic rings. The van der Waals surface area contributed by atoms with Gasteiger partial charge in [-0.15, -0.1) is 0 Å². The van der Waals surface area contributed by atoms with E-state index in [0.29, 0.717) is 22.8 Å². The predicted octanol–water partition coefficient (Wildman–Crippen LogP) is 1.26. The number of benzene rings is 1. The van der Waals surface area contributed by atoms with Crippen LogP contribution in [0.2, 0.25) is 0 Å². The van der Waals surface area contributed by atoms with Crippen LogP contribution in [0.3, 0.4) is 0 Å². The van der Waals surface area contributed by atoms with Crippen molar-refractivity contribution in [2.24, 2.45) is 7.05 Å². The summed E-state index contributed by atoms with van der Waals surface area (Å²) in [5.41, 5.74) is 7.18. The quantitative estimate of drug-likeness (QED) is 0.799. The Labute approximate surface area is 104 Å². The molecule has 0 bridgehead atoms. The van der Waals surface area contributed by atoms with Crippen molar-refractivity contribution in [1.29, 1.82) is 0 Å². The number of hydrogen-bond donors (Lipinski definition) is 2. The summed E-state index contributed by atoms with van der Waals surface area (Å²) < 4.78 is 6.61. The highest BCUT2D eigenvalue weighted by molar-refractivity contribution is 6.03. The molecule has 2 aromatic rings. The van der Waals surface area contributed by atoms with Gasteiger partial charge in [0, 0.05) is 18.9 Å². The van der Waals surface area contributed by atoms with Crippen molar-refractivity contribution in [3.05, 3.63) is 36.2 Å².